The number of allylic oxidation sites excluding steroid dienone is 1. The summed E-state index contributed by atoms with van der Waals surface area (Å²) in [5.74, 6) is 0.299. The summed E-state index contributed by atoms with van der Waals surface area (Å²) in [5, 5.41) is 0. The number of hydrogen-bond donors (Lipinski definition) is 0. The van der Waals surface area contributed by atoms with Crippen molar-refractivity contribution in [2.45, 2.75) is 39.3 Å². The van der Waals surface area contributed by atoms with Gasteiger partial charge in [0.1, 0.15) is 0 Å². The van der Waals surface area contributed by atoms with Crippen molar-refractivity contribution in [3.8, 4) is 22.3 Å². The van der Waals surface area contributed by atoms with Gasteiger partial charge in [-0.15, -0.1) is 0 Å². The maximum Gasteiger partial charge on any atom is -1.00 e. The molecule has 4 aromatic rings. The number of rotatable bonds is 5. The van der Waals surface area contributed by atoms with Gasteiger partial charge in [-0.05, 0) is 0 Å². The molecule has 0 N–H and O–H groups in total. The van der Waals surface area contributed by atoms with E-state index in [9.17, 15) is 0 Å². The number of hydrogen-bond acceptors (Lipinski definition) is 0. The van der Waals surface area contributed by atoms with Crippen LogP contribution in [0.15, 0.2) is 90.5 Å². The average Bonchev–Trinajstić information content (AvgIpc) is 3.43. The Balaban J connectivity index is 0.00000160. The maximum atomic E-state index is 2.56. The molecule has 2 aliphatic carbocycles. The van der Waals surface area contributed by atoms with Crippen LogP contribution in [0.5, 0.6) is 0 Å². The smallest absolute Gasteiger partial charge is 1.00 e. The topological polar surface area (TPSA) is 0 Å². The predicted molar refractivity (Wildman–Crippen MR) is 150 cm³/mol. The SMILES string of the molecule is CC(C)C1=Cc2c(-c3ccccc3)cccc2C1c1[c]([Zr+2][SiH](C)C)ccc2c1Cc1ccccc1-2.[Cl-].[Cl-]. The average molecular weight is 619 g/mol. The van der Waals surface area contributed by atoms with Crippen molar-refractivity contribution in [3.63, 3.8) is 0 Å². The van der Waals surface area contributed by atoms with Gasteiger partial charge in [0.05, 0.1) is 0 Å². The van der Waals surface area contributed by atoms with Gasteiger partial charge in [-0.2, -0.15) is 0 Å². The minimum absolute atomic E-state index is 0. The predicted octanol–water partition coefficient (Wildman–Crippen LogP) is 1.81. The molecule has 0 radical (unpaired) electrons. The number of benzene rings is 4. The summed E-state index contributed by atoms with van der Waals surface area (Å²) in [7, 11) is 0. The molecule has 0 fully saturated rings. The van der Waals surface area contributed by atoms with E-state index in [0.29, 0.717) is 11.8 Å². The standard InChI is InChI=1S/C31H25.C2H7Si.2ClH.Zr/c1-20(2)28-19-30-23(21-10-4-3-5-11-21)14-8-16-27(30)31(28)26-17-9-15-25-24-13-7-6-12-22(24)18-29(25)26;1-3-2;;;/h3-16,19-20,31H,18H2,1-2H3;3H,1-2H3;2*1H;/q;;;;+2/p-2. The number of fused-ring (bicyclic) bond motifs is 4. The third-order valence-electron chi connectivity index (χ3n) is 7.61. The first-order chi connectivity index (χ1) is 17.0. The molecule has 0 saturated carbocycles. The van der Waals surface area contributed by atoms with Gasteiger partial charge >= 0.3 is 223 Å². The van der Waals surface area contributed by atoms with Gasteiger partial charge in [0.15, 0.2) is 0 Å². The van der Waals surface area contributed by atoms with Crippen LogP contribution in [0.25, 0.3) is 28.3 Å². The van der Waals surface area contributed by atoms with Gasteiger partial charge in [0.2, 0.25) is 0 Å². The molecule has 0 bridgehead atoms. The van der Waals surface area contributed by atoms with E-state index in [1.807, 2.05) is 0 Å². The van der Waals surface area contributed by atoms with Gasteiger partial charge in [-0.25, -0.2) is 0 Å². The fraction of sp³-hybridized carbons (Fsp3) is 0.212. The quantitative estimate of drug-likeness (QED) is 0.264. The van der Waals surface area contributed by atoms with Crippen LogP contribution in [0, 0.1) is 5.92 Å². The molecule has 2 aliphatic rings. The second-order valence-corrected chi connectivity index (χ2v) is 25.2. The fourth-order valence-electron chi connectivity index (χ4n) is 6.12. The Labute approximate surface area is 246 Å². The molecule has 6 rings (SSSR count). The summed E-state index contributed by atoms with van der Waals surface area (Å²) in [4.78, 5) is 0. The Morgan fingerprint density at radius 2 is 1.46 bits per heavy atom. The van der Waals surface area contributed by atoms with Crippen molar-refractivity contribution < 1.29 is 47.2 Å². The summed E-state index contributed by atoms with van der Waals surface area (Å²) in [6.07, 6.45) is 3.64. The van der Waals surface area contributed by atoms with Crippen LogP contribution >= 0.6 is 0 Å². The zero-order valence-electron chi connectivity index (χ0n) is 21.9. The van der Waals surface area contributed by atoms with Crippen molar-refractivity contribution in [2.75, 3.05) is 0 Å². The molecule has 1 unspecified atom stereocenters. The summed E-state index contributed by atoms with van der Waals surface area (Å²) in [6.45, 7) is 9.91. The molecule has 0 amide bonds. The Bertz CT molecular complexity index is 1460. The number of halogens is 2. The first-order valence-corrected chi connectivity index (χ1v) is 21.3. The molecule has 0 heterocycles. The van der Waals surface area contributed by atoms with Crippen LogP contribution in [0.3, 0.4) is 0 Å². The van der Waals surface area contributed by atoms with Gasteiger partial charge in [0, 0.05) is 0 Å². The van der Waals surface area contributed by atoms with Gasteiger partial charge in [-0.1, -0.05) is 0 Å². The molecule has 0 saturated heterocycles. The summed E-state index contributed by atoms with van der Waals surface area (Å²) >= 11 is -0.575. The van der Waals surface area contributed by atoms with E-state index in [1.54, 1.807) is 20.0 Å². The van der Waals surface area contributed by atoms with Gasteiger partial charge < -0.3 is 24.8 Å². The monoisotopic (exact) mass is 616 g/mol. The summed E-state index contributed by atoms with van der Waals surface area (Å²) in [6, 6.07) is 32.1. The van der Waals surface area contributed by atoms with Crippen molar-refractivity contribution in [1.29, 1.82) is 0 Å². The molecule has 4 aromatic carbocycles. The zero-order chi connectivity index (χ0) is 24.1. The van der Waals surface area contributed by atoms with E-state index in [-0.39, 0.29) is 24.8 Å². The summed E-state index contributed by atoms with van der Waals surface area (Å²) < 4.78 is 1.76. The molecule has 0 aromatic heterocycles. The largest absolute Gasteiger partial charge is 1.00 e. The van der Waals surface area contributed by atoms with Crippen LogP contribution in [-0.4, -0.2) is 5.92 Å². The van der Waals surface area contributed by atoms with Crippen LogP contribution in [0.4, 0.5) is 0 Å². The third-order valence-corrected chi connectivity index (χ3v) is 16.1. The Morgan fingerprint density at radius 3 is 2.19 bits per heavy atom. The maximum absolute atomic E-state index is 2.56. The Morgan fingerprint density at radius 1 is 0.757 bits per heavy atom. The molecule has 1 atom stereocenters. The minimum Gasteiger partial charge on any atom is -1.00 e. The van der Waals surface area contributed by atoms with Crippen molar-refractivity contribution >= 4 is 15.3 Å². The van der Waals surface area contributed by atoms with Gasteiger partial charge in [0.25, 0.3) is 0 Å². The van der Waals surface area contributed by atoms with E-state index in [4.69, 9.17) is 0 Å². The van der Waals surface area contributed by atoms with Crippen LogP contribution in [0.1, 0.15) is 47.6 Å². The Kier molecular flexibility index (Phi) is 8.86. The van der Waals surface area contributed by atoms with Crippen molar-refractivity contribution in [3.05, 3.63) is 118 Å². The molecule has 0 nitrogen and oxygen atoms in total. The first kappa shape index (κ1) is 28.3. The van der Waals surface area contributed by atoms with Crippen LogP contribution in [-0.2, 0) is 28.8 Å². The summed E-state index contributed by atoms with van der Waals surface area (Å²) in [5.41, 5.74) is 15.0. The second kappa shape index (κ2) is 11.6. The van der Waals surface area contributed by atoms with Crippen LogP contribution in [0.2, 0.25) is 13.1 Å². The molecular weight excluding hydrogens is 587 g/mol. The van der Waals surface area contributed by atoms with E-state index in [0.717, 1.165) is 6.42 Å². The van der Waals surface area contributed by atoms with E-state index >= 15 is 0 Å². The van der Waals surface area contributed by atoms with Gasteiger partial charge in [-0.3, -0.25) is 0 Å². The second-order valence-electron chi connectivity index (χ2n) is 10.6. The third kappa shape index (κ3) is 5.04. The normalized spacial score (nSPS) is 14.8. The van der Waals surface area contributed by atoms with Crippen LogP contribution < -0.4 is 28.1 Å². The minimum atomic E-state index is -0.610. The Hall–Kier alpha value is -1.70. The van der Waals surface area contributed by atoms with E-state index in [2.05, 4.69) is 118 Å². The zero-order valence-corrected chi connectivity index (χ0v) is 27.0. The van der Waals surface area contributed by atoms with Crippen molar-refractivity contribution in [2.24, 2.45) is 5.92 Å². The van der Waals surface area contributed by atoms with E-state index in [1.165, 1.54) is 38.9 Å². The molecule has 4 heteroatoms. The molecule has 0 spiro atoms. The van der Waals surface area contributed by atoms with E-state index < -0.39 is 28.3 Å². The van der Waals surface area contributed by atoms with Crippen molar-refractivity contribution in [1.82, 2.24) is 0 Å². The first-order valence-electron chi connectivity index (χ1n) is 12.9. The molecule has 186 valence electrons. The molecule has 0 aliphatic heterocycles. The fourth-order valence-corrected chi connectivity index (χ4v) is 14.4. The molecular formula is C33H32Cl2SiZr. The molecule has 37 heavy (non-hydrogen) atoms.